The van der Waals surface area contributed by atoms with Gasteiger partial charge >= 0.3 is 0 Å². The zero-order valence-electron chi connectivity index (χ0n) is 13.2. The third-order valence-electron chi connectivity index (χ3n) is 3.89. The topological polar surface area (TPSA) is 32.3 Å². The standard InChI is InChI=1S/C16H32N2O/c1-5-7-9-11-18-15(12-13(3)4)17-14(16(18)19)10-8-6-2/h13-15,17H,5-12H2,1-4H3. The van der Waals surface area contributed by atoms with Crippen molar-refractivity contribution >= 4 is 5.91 Å². The van der Waals surface area contributed by atoms with E-state index < -0.39 is 0 Å². The Hall–Kier alpha value is -0.570. The number of nitrogens with one attached hydrogen (secondary N) is 1. The van der Waals surface area contributed by atoms with E-state index >= 15 is 0 Å². The van der Waals surface area contributed by atoms with Gasteiger partial charge in [-0.05, 0) is 25.2 Å². The summed E-state index contributed by atoms with van der Waals surface area (Å²) in [6.45, 7) is 9.79. The van der Waals surface area contributed by atoms with Gasteiger partial charge in [-0.3, -0.25) is 10.1 Å². The fraction of sp³-hybridized carbons (Fsp3) is 0.938. The Kier molecular flexibility index (Phi) is 7.44. The van der Waals surface area contributed by atoms with Gasteiger partial charge in [0, 0.05) is 6.54 Å². The number of carbonyl (C=O) groups is 1. The van der Waals surface area contributed by atoms with Crippen molar-refractivity contribution in [1.29, 1.82) is 0 Å². The van der Waals surface area contributed by atoms with Crippen LogP contribution in [0.3, 0.4) is 0 Å². The molecule has 1 rings (SSSR count). The zero-order chi connectivity index (χ0) is 14.3. The highest BCUT2D eigenvalue weighted by Gasteiger charge is 2.37. The Morgan fingerprint density at radius 1 is 1.16 bits per heavy atom. The van der Waals surface area contributed by atoms with E-state index in [9.17, 15) is 4.79 Å². The van der Waals surface area contributed by atoms with Crippen molar-refractivity contribution < 1.29 is 4.79 Å². The summed E-state index contributed by atoms with van der Waals surface area (Å²) >= 11 is 0. The third kappa shape index (κ3) is 5.13. The van der Waals surface area contributed by atoms with Crippen LogP contribution in [-0.4, -0.2) is 29.6 Å². The van der Waals surface area contributed by atoms with Crippen LogP contribution in [0.1, 0.15) is 72.6 Å². The molecule has 0 bridgehead atoms. The minimum Gasteiger partial charge on any atom is -0.326 e. The van der Waals surface area contributed by atoms with Crippen LogP contribution in [0.15, 0.2) is 0 Å². The Morgan fingerprint density at radius 3 is 2.42 bits per heavy atom. The molecule has 1 heterocycles. The SMILES string of the molecule is CCCCCN1C(=O)C(CCCC)NC1CC(C)C. The van der Waals surface area contributed by atoms with Crippen LogP contribution < -0.4 is 5.32 Å². The van der Waals surface area contributed by atoms with Crippen LogP contribution in [0.25, 0.3) is 0 Å². The van der Waals surface area contributed by atoms with Crippen molar-refractivity contribution in [2.75, 3.05) is 6.54 Å². The van der Waals surface area contributed by atoms with Crippen molar-refractivity contribution in [3.05, 3.63) is 0 Å². The molecule has 0 aromatic heterocycles. The summed E-state index contributed by atoms with van der Waals surface area (Å²) in [5.41, 5.74) is 0. The molecule has 2 atom stereocenters. The van der Waals surface area contributed by atoms with Crippen LogP contribution in [0, 0.1) is 5.92 Å². The highest BCUT2D eigenvalue weighted by atomic mass is 16.2. The number of nitrogens with zero attached hydrogens (tertiary/aromatic N) is 1. The Morgan fingerprint density at radius 2 is 1.84 bits per heavy atom. The summed E-state index contributed by atoms with van der Waals surface area (Å²) < 4.78 is 0. The van der Waals surface area contributed by atoms with Crippen LogP contribution in [-0.2, 0) is 4.79 Å². The number of amides is 1. The van der Waals surface area contributed by atoms with Gasteiger partial charge in [-0.25, -0.2) is 0 Å². The molecule has 0 saturated carbocycles. The van der Waals surface area contributed by atoms with E-state index in [-0.39, 0.29) is 12.2 Å². The monoisotopic (exact) mass is 268 g/mol. The van der Waals surface area contributed by atoms with E-state index in [0.717, 1.165) is 38.6 Å². The number of carbonyl (C=O) groups excluding carboxylic acids is 1. The van der Waals surface area contributed by atoms with Gasteiger partial charge in [0.15, 0.2) is 0 Å². The number of hydrogen-bond donors (Lipinski definition) is 1. The maximum Gasteiger partial charge on any atom is 0.241 e. The molecule has 0 aliphatic carbocycles. The fourth-order valence-electron chi connectivity index (χ4n) is 2.80. The normalized spacial score (nSPS) is 23.6. The first-order valence-corrected chi connectivity index (χ1v) is 8.16. The van der Waals surface area contributed by atoms with E-state index in [0.29, 0.717) is 11.8 Å². The van der Waals surface area contributed by atoms with Gasteiger partial charge in [-0.2, -0.15) is 0 Å². The van der Waals surface area contributed by atoms with Gasteiger partial charge in [0.2, 0.25) is 5.91 Å². The van der Waals surface area contributed by atoms with Crippen molar-refractivity contribution in [3.8, 4) is 0 Å². The molecule has 19 heavy (non-hydrogen) atoms. The highest BCUT2D eigenvalue weighted by Crippen LogP contribution is 2.21. The summed E-state index contributed by atoms with van der Waals surface area (Å²) in [5, 5.41) is 3.56. The quantitative estimate of drug-likeness (QED) is 0.649. The van der Waals surface area contributed by atoms with Crippen molar-refractivity contribution in [2.24, 2.45) is 5.92 Å². The van der Waals surface area contributed by atoms with Gasteiger partial charge in [-0.15, -0.1) is 0 Å². The molecule has 0 aromatic carbocycles. The van der Waals surface area contributed by atoms with Crippen molar-refractivity contribution in [3.63, 3.8) is 0 Å². The second kappa shape index (κ2) is 8.57. The van der Waals surface area contributed by atoms with Gasteiger partial charge in [-0.1, -0.05) is 53.4 Å². The second-order valence-electron chi connectivity index (χ2n) is 6.25. The van der Waals surface area contributed by atoms with E-state index in [2.05, 4.69) is 37.9 Å². The van der Waals surface area contributed by atoms with Crippen LogP contribution >= 0.6 is 0 Å². The molecule has 0 radical (unpaired) electrons. The molecular formula is C16H32N2O. The first-order chi connectivity index (χ1) is 9.10. The summed E-state index contributed by atoms with van der Waals surface area (Å²) in [5.74, 6) is 0.971. The van der Waals surface area contributed by atoms with Crippen LogP contribution in [0.5, 0.6) is 0 Å². The van der Waals surface area contributed by atoms with Gasteiger partial charge in [0.05, 0.1) is 12.2 Å². The van der Waals surface area contributed by atoms with E-state index in [4.69, 9.17) is 0 Å². The summed E-state index contributed by atoms with van der Waals surface area (Å²) in [7, 11) is 0. The molecule has 3 nitrogen and oxygen atoms in total. The van der Waals surface area contributed by atoms with Crippen LogP contribution in [0.4, 0.5) is 0 Å². The molecule has 0 aromatic rings. The first kappa shape index (κ1) is 16.5. The molecule has 1 N–H and O–H groups in total. The predicted octanol–water partition coefficient (Wildman–Crippen LogP) is 3.54. The molecular weight excluding hydrogens is 236 g/mol. The Labute approximate surface area is 119 Å². The fourth-order valence-corrected chi connectivity index (χ4v) is 2.80. The largest absolute Gasteiger partial charge is 0.326 e. The number of rotatable bonds is 9. The van der Waals surface area contributed by atoms with Crippen LogP contribution in [0.2, 0.25) is 0 Å². The van der Waals surface area contributed by atoms with Gasteiger partial charge in [0.1, 0.15) is 0 Å². The van der Waals surface area contributed by atoms with Gasteiger partial charge in [0.25, 0.3) is 0 Å². The molecule has 2 unspecified atom stereocenters. The minimum atomic E-state index is 0.0744. The lowest BCUT2D eigenvalue weighted by Crippen LogP contribution is -2.39. The third-order valence-corrected chi connectivity index (χ3v) is 3.89. The average Bonchev–Trinajstić information content (AvgIpc) is 2.64. The molecule has 0 spiro atoms. The Balaban J connectivity index is 2.56. The first-order valence-electron chi connectivity index (χ1n) is 8.16. The minimum absolute atomic E-state index is 0.0744. The molecule has 1 aliphatic rings. The molecule has 112 valence electrons. The lowest BCUT2D eigenvalue weighted by molar-refractivity contribution is -0.130. The maximum atomic E-state index is 12.5. The number of unbranched alkanes of at least 4 members (excludes halogenated alkanes) is 3. The maximum absolute atomic E-state index is 12.5. The number of hydrogen-bond acceptors (Lipinski definition) is 2. The molecule has 1 saturated heterocycles. The molecule has 1 amide bonds. The predicted molar refractivity (Wildman–Crippen MR) is 80.9 cm³/mol. The van der Waals surface area contributed by atoms with Crippen molar-refractivity contribution in [1.82, 2.24) is 10.2 Å². The Bertz CT molecular complexity index is 265. The van der Waals surface area contributed by atoms with E-state index in [1.807, 2.05) is 0 Å². The average molecular weight is 268 g/mol. The lowest BCUT2D eigenvalue weighted by atomic mass is 10.1. The lowest BCUT2D eigenvalue weighted by Gasteiger charge is -2.25. The molecule has 3 heteroatoms. The van der Waals surface area contributed by atoms with E-state index in [1.165, 1.54) is 12.8 Å². The zero-order valence-corrected chi connectivity index (χ0v) is 13.2. The summed E-state index contributed by atoms with van der Waals surface area (Å²) in [6, 6.07) is 0.0744. The second-order valence-corrected chi connectivity index (χ2v) is 6.25. The smallest absolute Gasteiger partial charge is 0.241 e. The summed E-state index contributed by atoms with van der Waals surface area (Å²) in [4.78, 5) is 14.6. The van der Waals surface area contributed by atoms with Gasteiger partial charge < -0.3 is 4.90 Å². The summed E-state index contributed by atoms with van der Waals surface area (Å²) in [6.07, 6.45) is 8.21. The van der Waals surface area contributed by atoms with E-state index in [1.54, 1.807) is 0 Å². The molecule has 1 fully saturated rings. The molecule has 1 aliphatic heterocycles. The highest BCUT2D eigenvalue weighted by molar-refractivity contribution is 5.84. The van der Waals surface area contributed by atoms with Crippen molar-refractivity contribution in [2.45, 2.75) is 84.8 Å².